The molecule has 3 N–H and O–H groups in total. The van der Waals surface area contributed by atoms with Gasteiger partial charge in [0.15, 0.2) is 0 Å². The summed E-state index contributed by atoms with van der Waals surface area (Å²) in [6.45, 7) is 5.98. The van der Waals surface area contributed by atoms with Crippen molar-refractivity contribution in [1.29, 1.82) is 0 Å². The van der Waals surface area contributed by atoms with Gasteiger partial charge in [-0.25, -0.2) is 14.8 Å². The maximum atomic E-state index is 12.9. The number of hydrogen-bond donors (Lipinski definition) is 3. The number of amides is 3. The first kappa shape index (κ1) is 23.8. The van der Waals surface area contributed by atoms with Gasteiger partial charge in [0.2, 0.25) is 0 Å². The number of aromatic nitrogens is 2. The van der Waals surface area contributed by atoms with E-state index in [2.05, 4.69) is 20.7 Å². The number of aromatic amines is 1. The van der Waals surface area contributed by atoms with Crippen LogP contribution in [0.25, 0.3) is 22.4 Å². The Morgan fingerprint density at radius 3 is 2.46 bits per heavy atom. The molecule has 0 bridgehead atoms. The lowest BCUT2D eigenvalue weighted by molar-refractivity contribution is 0.0819. The zero-order chi connectivity index (χ0) is 24.9. The third kappa shape index (κ3) is 5.60. The molecule has 0 aliphatic carbocycles. The smallest absolute Gasteiger partial charge is 0.336 e. The minimum absolute atomic E-state index is 0.0374. The van der Waals surface area contributed by atoms with Crippen LogP contribution in [-0.2, 0) is 6.54 Å². The largest absolute Gasteiger partial charge is 0.491 e. The quantitative estimate of drug-likeness (QED) is 0.351. The van der Waals surface area contributed by atoms with Gasteiger partial charge in [0.25, 0.3) is 5.91 Å². The summed E-state index contributed by atoms with van der Waals surface area (Å²) in [4.78, 5) is 33.3. The molecule has 8 heteroatoms. The number of fused-ring (bicyclic) bond motifs is 1. The Kier molecular flexibility index (Phi) is 7.01. The molecule has 0 aliphatic heterocycles. The topological polar surface area (TPSA) is 99.4 Å². The molecule has 0 saturated carbocycles. The number of aryl methyl sites for hydroxylation is 1. The second-order valence-electron chi connectivity index (χ2n) is 8.53. The third-order valence-electron chi connectivity index (χ3n) is 5.45. The Hall–Kier alpha value is -4.33. The van der Waals surface area contributed by atoms with Crippen LogP contribution in [0, 0.1) is 6.92 Å². The second-order valence-corrected chi connectivity index (χ2v) is 8.53. The lowest BCUT2D eigenvalue weighted by Crippen LogP contribution is -2.49. The van der Waals surface area contributed by atoms with E-state index in [-0.39, 0.29) is 18.6 Å². The van der Waals surface area contributed by atoms with Gasteiger partial charge in [-0.2, -0.15) is 0 Å². The van der Waals surface area contributed by atoms with Crippen LogP contribution in [0.1, 0.15) is 35.3 Å². The van der Waals surface area contributed by atoms with Crippen LogP contribution in [0.5, 0.6) is 5.75 Å². The summed E-state index contributed by atoms with van der Waals surface area (Å²) in [5.41, 5.74) is 7.65. The molecular weight excluding hydrogens is 442 g/mol. The Balaban J connectivity index is 1.47. The summed E-state index contributed by atoms with van der Waals surface area (Å²) < 4.78 is 5.74. The third-order valence-corrected chi connectivity index (χ3v) is 5.45. The minimum atomic E-state index is -0.420. The van der Waals surface area contributed by atoms with Gasteiger partial charge in [0, 0.05) is 18.2 Å². The Morgan fingerprint density at radius 1 is 1.06 bits per heavy atom. The molecule has 0 aliphatic rings. The van der Waals surface area contributed by atoms with Crippen LogP contribution in [-0.4, -0.2) is 40.1 Å². The second kappa shape index (κ2) is 10.3. The summed E-state index contributed by atoms with van der Waals surface area (Å²) in [5, 5.41) is 3.83. The summed E-state index contributed by atoms with van der Waals surface area (Å²) in [7, 11) is 1.52. The molecule has 3 amide bonds. The SMILES string of the molecule is CNC(=O)N(Cc1ccc(-c2nc3ccccc3[nH]2)cc1)NC(=O)c1ccc(OC(C)C)c(C)c1. The van der Waals surface area contributed by atoms with Crippen molar-refractivity contribution in [1.82, 2.24) is 25.7 Å². The van der Waals surface area contributed by atoms with Crippen molar-refractivity contribution in [3.8, 4) is 17.1 Å². The highest BCUT2D eigenvalue weighted by atomic mass is 16.5. The van der Waals surface area contributed by atoms with Gasteiger partial charge < -0.3 is 15.0 Å². The first-order chi connectivity index (χ1) is 16.8. The van der Waals surface area contributed by atoms with Gasteiger partial charge in [0.1, 0.15) is 11.6 Å². The van der Waals surface area contributed by atoms with Crippen LogP contribution in [0.4, 0.5) is 4.79 Å². The molecular formula is C27H29N5O3. The molecule has 0 radical (unpaired) electrons. The van der Waals surface area contributed by atoms with E-state index in [1.807, 2.05) is 69.3 Å². The van der Waals surface area contributed by atoms with Crippen LogP contribution < -0.4 is 15.5 Å². The predicted molar refractivity (Wildman–Crippen MR) is 136 cm³/mol. The number of rotatable bonds is 6. The van der Waals surface area contributed by atoms with Crippen LogP contribution in [0.2, 0.25) is 0 Å². The van der Waals surface area contributed by atoms with E-state index in [1.165, 1.54) is 12.1 Å². The van der Waals surface area contributed by atoms with Crippen molar-refractivity contribution in [3.05, 3.63) is 83.4 Å². The first-order valence-electron chi connectivity index (χ1n) is 11.5. The highest BCUT2D eigenvalue weighted by Gasteiger charge is 2.18. The van der Waals surface area contributed by atoms with E-state index in [0.29, 0.717) is 5.56 Å². The number of H-pyrrole nitrogens is 1. The molecule has 0 fully saturated rings. The molecule has 8 nitrogen and oxygen atoms in total. The summed E-state index contributed by atoms with van der Waals surface area (Å²) in [6.07, 6.45) is 0.0374. The van der Waals surface area contributed by atoms with Crippen molar-refractivity contribution >= 4 is 23.0 Å². The van der Waals surface area contributed by atoms with E-state index in [9.17, 15) is 9.59 Å². The molecule has 4 aromatic rings. The molecule has 3 aromatic carbocycles. The number of imidazole rings is 1. The number of para-hydroxylation sites is 2. The summed E-state index contributed by atoms with van der Waals surface area (Å²) in [5.74, 6) is 1.12. The highest BCUT2D eigenvalue weighted by Crippen LogP contribution is 2.22. The van der Waals surface area contributed by atoms with Crippen molar-refractivity contribution in [2.75, 3.05) is 7.05 Å². The van der Waals surface area contributed by atoms with Gasteiger partial charge in [-0.05, 0) is 62.2 Å². The van der Waals surface area contributed by atoms with Gasteiger partial charge in [-0.1, -0.05) is 36.4 Å². The molecule has 35 heavy (non-hydrogen) atoms. The fourth-order valence-electron chi connectivity index (χ4n) is 3.70. The number of nitrogens with zero attached hydrogens (tertiary/aromatic N) is 2. The van der Waals surface area contributed by atoms with E-state index < -0.39 is 6.03 Å². The number of ether oxygens (including phenoxy) is 1. The molecule has 0 atom stereocenters. The van der Waals surface area contributed by atoms with Gasteiger partial charge in [-0.15, -0.1) is 0 Å². The highest BCUT2D eigenvalue weighted by molar-refractivity contribution is 5.95. The van der Waals surface area contributed by atoms with Crippen molar-refractivity contribution in [3.63, 3.8) is 0 Å². The minimum Gasteiger partial charge on any atom is -0.491 e. The average molecular weight is 472 g/mol. The number of urea groups is 1. The Bertz CT molecular complexity index is 1310. The van der Waals surface area contributed by atoms with E-state index >= 15 is 0 Å². The predicted octanol–water partition coefficient (Wildman–Crippen LogP) is 4.81. The summed E-state index contributed by atoms with van der Waals surface area (Å²) in [6, 6.07) is 20.3. The van der Waals surface area contributed by atoms with Crippen LogP contribution in [0.15, 0.2) is 66.7 Å². The van der Waals surface area contributed by atoms with E-state index in [0.717, 1.165) is 39.3 Å². The normalized spacial score (nSPS) is 10.9. The maximum Gasteiger partial charge on any atom is 0.336 e. The zero-order valence-electron chi connectivity index (χ0n) is 20.3. The summed E-state index contributed by atoms with van der Waals surface area (Å²) >= 11 is 0. The molecule has 180 valence electrons. The van der Waals surface area contributed by atoms with Crippen LogP contribution >= 0.6 is 0 Å². The Morgan fingerprint density at radius 2 is 1.80 bits per heavy atom. The van der Waals surface area contributed by atoms with Gasteiger partial charge in [-0.3, -0.25) is 10.2 Å². The lowest BCUT2D eigenvalue weighted by atomic mass is 10.1. The standard InChI is InChI=1S/C27H29N5O3/c1-17(2)35-24-14-13-21(15-18(24)3)26(33)31-32(27(34)28-4)16-19-9-11-20(12-10-19)25-29-22-7-5-6-8-23(22)30-25/h5-15,17H,16H2,1-4H3,(H,28,34)(H,29,30)(H,31,33). The van der Waals surface area contributed by atoms with Crippen molar-refractivity contribution in [2.45, 2.75) is 33.4 Å². The number of hydrazine groups is 1. The van der Waals surface area contributed by atoms with Gasteiger partial charge in [0.05, 0.1) is 23.7 Å². The molecule has 1 aromatic heterocycles. The number of carbonyl (C=O) groups excluding carboxylic acids is 2. The monoisotopic (exact) mass is 471 g/mol. The lowest BCUT2D eigenvalue weighted by Gasteiger charge is -2.23. The molecule has 0 saturated heterocycles. The van der Waals surface area contributed by atoms with Crippen LogP contribution in [0.3, 0.4) is 0 Å². The fourth-order valence-corrected chi connectivity index (χ4v) is 3.70. The fraction of sp³-hybridized carbons (Fsp3) is 0.222. The van der Waals surface area contributed by atoms with E-state index in [4.69, 9.17) is 4.74 Å². The molecule has 0 unspecified atom stereocenters. The van der Waals surface area contributed by atoms with Gasteiger partial charge >= 0.3 is 6.03 Å². The van der Waals surface area contributed by atoms with Crippen molar-refractivity contribution < 1.29 is 14.3 Å². The number of carbonyl (C=O) groups is 2. The molecule has 4 rings (SSSR count). The average Bonchev–Trinajstić information content (AvgIpc) is 3.29. The number of hydrogen-bond acceptors (Lipinski definition) is 4. The first-order valence-corrected chi connectivity index (χ1v) is 11.5. The number of nitrogens with one attached hydrogen (secondary N) is 3. The molecule has 0 spiro atoms. The van der Waals surface area contributed by atoms with Crippen molar-refractivity contribution in [2.24, 2.45) is 0 Å². The molecule has 1 heterocycles. The Labute approximate surface area is 204 Å². The zero-order valence-corrected chi connectivity index (χ0v) is 20.3. The maximum absolute atomic E-state index is 12.9. The number of benzene rings is 3. The van der Waals surface area contributed by atoms with E-state index in [1.54, 1.807) is 18.2 Å².